The van der Waals surface area contributed by atoms with E-state index in [1.165, 1.54) is 10.2 Å². The zero-order valence-electron chi connectivity index (χ0n) is 8.59. The summed E-state index contributed by atoms with van der Waals surface area (Å²) in [5, 5.41) is 4.46. The summed E-state index contributed by atoms with van der Waals surface area (Å²) in [5.41, 5.74) is 2.39. The summed E-state index contributed by atoms with van der Waals surface area (Å²) in [6.45, 7) is 6.04. The van der Waals surface area contributed by atoms with Crippen molar-refractivity contribution in [2.45, 2.75) is 39.3 Å². The van der Waals surface area contributed by atoms with Crippen molar-refractivity contribution in [3.05, 3.63) is 15.9 Å². The predicted octanol–water partition coefficient (Wildman–Crippen LogP) is 2.31. The Balaban J connectivity index is 2.11. The molecule has 1 fully saturated rings. The molecule has 2 heterocycles. The van der Waals surface area contributed by atoms with Crippen LogP contribution in [0.1, 0.15) is 24.7 Å². The van der Waals surface area contributed by atoms with E-state index in [4.69, 9.17) is 4.74 Å². The summed E-state index contributed by atoms with van der Waals surface area (Å²) in [6.07, 6.45) is 2.67. The molecule has 14 heavy (non-hydrogen) atoms. The van der Waals surface area contributed by atoms with Crippen LogP contribution in [0.3, 0.4) is 0 Å². The van der Waals surface area contributed by atoms with Gasteiger partial charge in [0.15, 0.2) is 0 Å². The van der Waals surface area contributed by atoms with Crippen molar-refractivity contribution in [1.29, 1.82) is 0 Å². The van der Waals surface area contributed by atoms with Crippen molar-refractivity contribution in [2.24, 2.45) is 0 Å². The van der Waals surface area contributed by atoms with Gasteiger partial charge in [-0.2, -0.15) is 5.10 Å². The number of nitrogens with zero attached hydrogens (tertiary/aromatic N) is 2. The fraction of sp³-hybridized carbons (Fsp3) is 0.700. The van der Waals surface area contributed by atoms with Crippen LogP contribution in [-0.4, -0.2) is 22.5 Å². The van der Waals surface area contributed by atoms with Crippen LogP contribution in [0.4, 0.5) is 0 Å². The van der Waals surface area contributed by atoms with Gasteiger partial charge in [-0.25, -0.2) is 0 Å². The molecule has 0 spiro atoms. The summed E-state index contributed by atoms with van der Waals surface area (Å²) in [6, 6.07) is 0. The molecule has 3 nitrogen and oxygen atoms in total. The lowest BCUT2D eigenvalue weighted by Gasteiger charge is -2.03. The molecule has 0 N–H and O–H groups in total. The first-order valence-corrected chi connectivity index (χ1v) is 5.85. The largest absolute Gasteiger partial charge is 0.373 e. The van der Waals surface area contributed by atoms with Crippen LogP contribution in [0, 0.1) is 6.92 Å². The van der Waals surface area contributed by atoms with Crippen LogP contribution in [0.5, 0.6) is 0 Å². The second-order valence-corrected chi connectivity index (χ2v) is 4.45. The van der Waals surface area contributed by atoms with Crippen LogP contribution in [0.15, 0.2) is 4.47 Å². The maximum Gasteiger partial charge on any atom is 0.0813 e. The fourth-order valence-electron chi connectivity index (χ4n) is 1.64. The first-order valence-electron chi connectivity index (χ1n) is 5.05. The number of aryl methyl sites for hydroxylation is 2. The van der Waals surface area contributed by atoms with Gasteiger partial charge in [-0.3, -0.25) is 4.68 Å². The molecule has 1 atom stereocenters. The Morgan fingerprint density at radius 2 is 2.36 bits per heavy atom. The third-order valence-corrected chi connectivity index (χ3v) is 3.59. The molecule has 0 saturated carbocycles. The lowest BCUT2D eigenvalue weighted by Crippen LogP contribution is -2.04. The number of epoxide rings is 1. The van der Waals surface area contributed by atoms with E-state index in [0.717, 1.165) is 31.7 Å². The molecule has 0 radical (unpaired) electrons. The average molecular weight is 259 g/mol. The van der Waals surface area contributed by atoms with Gasteiger partial charge in [0.1, 0.15) is 0 Å². The summed E-state index contributed by atoms with van der Waals surface area (Å²) < 4.78 is 8.44. The van der Waals surface area contributed by atoms with Gasteiger partial charge >= 0.3 is 0 Å². The highest BCUT2D eigenvalue weighted by molar-refractivity contribution is 9.10. The zero-order valence-corrected chi connectivity index (χ0v) is 10.2. The molecule has 1 aliphatic heterocycles. The van der Waals surface area contributed by atoms with Crippen LogP contribution in [0.25, 0.3) is 0 Å². The summed E-state index contributed by atoms with van der Waals surface area (Å²) >= 11 is 3.59. The number of halogens is 1. The van der Waals surface area contributed by atoms with Gasteiger partial charge in [0.05, 0.1) is 28.6 Å². The molecule has 1 aromatic heterocycles. The molecule has 1 saturated heterocycles. The molecule has 1 unspecified atom stereocenters. The van der Waals surface area contributed by atoms with Crippen LogP contribution >= 0.6 is 15.9 Å². The van der Waals surface area contributed by atoms with E-state index in [1.54, 1.807) is 0 Å². The van der Waals surface area contributed by atoms with E-state index in [2.05, 4.69) is 32.6 Å². The van der Waals surface area contributed by atoms with Crippen LogP contribution < -0.4 is 0 Å². The molecular formula is C10H15BrN2O. The van der Waals surface area contributed by atoms with Crippen LogP contribution in [-0.2, 0) is 17.7 Å². The fourth-order valence-corrected chi connectivity index (χ4v) is 2.12. The average Bonchev–Trinajstić information content (AvgIpc) is 2.95. The molecule has 0 bridgehead atoms. The van der Waals surface area contributed by atoms with Crippen molar-refractivity contribution in [3.63, 3.8) is 0 Å². The topological polar surface area (TPSA) is 30.4 Å². The summed E-state index contributed by atoms with van der Waals surface area (Å²) in [5.74, 6) is 0. The minimum absolute atomic E-state index is 0.502. The highest BCUT2D eigenvalue weighted by Gasteiger charge is 2.23. The van der Waals surface area contributed by atoms with E-state index in [1.807, 2.05) is 6.92 Å². The SMILES string of the molecule is CCn1nc(C)c(Br)c1CCC1CO1. The van der Waals surface area contributed by atoms with Crippen molar-refractivity contribution in [3.8, 4) is 0 Å². The number of rotatable bonds is 4. The highest BCUT2D eigenvalue weighted by Crippen LogP contribution is 2.24. The van der Waals surface area contributed by atoms with Gasteiger partial charge in [0.2, 0.25) is 0 Å². The molecule has 0 aromatic carbocycles. The maximum absolute atomic E-state index is 5.21. The Morgan fingerprint density at radius 3 is 2.93 bits per heavy atom. The number of hydrogen-bond acceptors (Lipinski definition) is 2. The zero-order chi connectivity index (χ0) is 10.1. The first kappa shape index (κ1) is 10.2. The van der Waals surface area contributed by atoms with Crippen molar-refractivity contribution in [2.75, 3.05) is 6.61 Å². The number of hydrogen-bond donors (Lipinski definition) is 0. The standard InChI is InChI=1S/C10H15BrN2O/c1-3-13-9(5-4-8-6-14-8)10(11)7(2)12-13/h8H,3-6H2,1-2H3. The van der Waals surface area contributed by atoms with Gasteiger partial charge in [-0.05, 0) is 42.6 Å². The first-order chi connectivity index (χ1) is 6.72. The van der Waals surface area contributed by atoms with Gasteiger partial charge < -0.3 is 4.74 Å². The predicted molar refractivity (Wildman–Crippen MR) is 58.4 cm³/mol. The lowest BCUT2D eigenvalue weighted by molar-refractivity contribution is 0.394. The van der Waals surface area contributed by atoms with Gasteiger partial charge in [0, 0.05) is 6.54 Å². The lowest BCUT2D eigenvalue weighted by atomic mass is 10.2. The molecule has 78 valence electrons. The Hall–Kier alpha value is -0.350. The van der Waals surface area contributed by atoms with Crippen molar-refractivity contribution < 1.29 is 4.74 Å². The van der Waals surface area contributed by atoms with Crippen molar-refractivity contribution in [1.82, 2.24) is 9.78 Å². The number of ether oxygens (including phenoxy) is 1. The van der Waals surface area contributed by atoms with E-state index in [0.29, 0.717) is 6.10 Å². The van der Waals surface area contributed by atoms with Gasteiger partial charge in [-0.1, -0.05) is 0 Å². The van der Waals surface area contributed by atoms with Crippen LogP contribution in [0.2, 0.25) is 0 Å². The monoisotopic (exact) mass is 258 g/mol. The van der Waals surface area contributed by atoms with E-state index in [-0.39, 0.29) is 0 Å². The molecular weight excluding hydrogens is 244 g/mol. The number of aromatic nitrogens is 2. The molecule has 1 aromatic rings. The third-order valence-electron chi connectivity index (χ3n) is 2.56. The van der Waals surface area contributed by atoms with Gasteiger partial charge in [0.25, 0.3) is 0 Å². The van der Waals surface area contributed by atoms with E-state index < -0.39 is 0 Å². The highest BCUT2D eigenvalue weighted by atomic mass is 79.9. The molecule has 0 amide bonds. The Morgan fingerprint density at radius 1 is 1.64 bits per heavy atom. The third kappa shape index (κ3) is 2.01. The second-order valence-electron chi connectivity index (χ2n) is 3.66. The molecule has 1 aliphatic rings. The molecule has 2 rings (SSSR count). The summed E-state index contributed by atoms with van der Waals surface area (Å²) in [4.78, 5) is 0. The Labute approximate surface area is 92.6 Å². The van der Waals surface area contributed by atoms with Gasteiger partial charge in [-0.15, -0.1) is 0 Å². The Bertz CT molecular complexity index is 331. The minimum atomic E-state index is 0.502. The minimum Gasteiger partial charge on any atom is -0.373 e. The Kier molecular flexibility index (Phi) is 2.93. The maximum atomic E-state index is 5.21. The summed E-state index contributed by atoms with van der Waals surface area (Å²) in [7, 11) is 0. The van der Waals surface area contributed by atoms with Crippen molar-refractivity contribution >= 4 is 15.9 Å². The van der Waals surface area contributed by atoms with E-state index in [9.17, 15) is 0 Å². The van der Waals surface area contributed by atoms with E-state index >= 15 is 0 Å². The molecule has 0 aliphatic carbocycles. The normalized spacial score (nSPS) is 20.1. The second kappa shape index (κ2) is 4.03. The smallest absolute Gasteiger partial charge is 0.0813 e. The quantitative estimate of drug-likeness (QED) is 0.777. The molecule has 4 heteroatoms.